The lowest BCUT2D eigenvalue weighted by atomic mass is 10.0. The zero-order chi connectivity index (χ0) is 27.5. The molecule has 0 atom stereocenters. The molecular formula is C27H31ClFN3O5S. The molecule has 204 valence electrons. The summed E-state index contributed by atoms with van der Waals surface area (Å²) in [6, 6.07) is 12.7. The maximum Gasteiger partial charge on any atom is 0.328 e. The molecule has 2 aromatic carbocycles. The summed E-state index contributed by atoms with van der Waals surface area (Å²) in [6.45, 7) is 3.87. The average Bonchev–Trinajstić information content (AvgIpc) is 2.91. The molecule has 0 aromatic heterocycles. The Hall–Kier alpha value is -3.08. The number of benzene rings is 2. The third-order valence-electron chi connectivity index (χ3n) is 6.09. The Morgan fingerprint density at radius 3 is 2.45 bits per heavy atom. The van der Waals surface area contributed by atoms with Gasteiger partial charge in [-0.25, -0.2) is 19.0 Å². The van der Waals surface area contributed by atoms with E-state index in [2.05, 4.69) is 16.8 Å². The first kappa shape index (κ1) is 29.5. The summed E-state index contributed by atoms with van der Waals surface area (Å²) < 4.78 is 18.6. The number of hydrogen-bond donors (Lipinski definition) is 2. The van der Waals surface area contributed by atoms with E-state index < -0.39 is 11.9 Å². The number of aliphatic carboxylic acids is 2. The lowest BCUT2D eigenvalue weighted by Crippen LogP contribution is -2.45. The molecule has 2 aliphatic rings. The Morgan fingerprint density at radius 2 is 1.82 bits per heavy atom. The van der Waals surface area contributed by atoms with Gasteiger partial charge in [0.1, 0.15) is 11.6 Å². The van der Waals surface area contributed by atoms with Crippen molar-refractivity contribution in [3.63, 3.8) is 0 Å². The monoisotopic (exact) mass is 563 g/mol. The number of thioether (sulfide) groups is 1. The average molecular weight is 564 g/mol. The van der Waals surface area contributed by atoms with E-state index in [1.807, 2.05) is 18.2 Å². The Balaban J connectivity index is 0.000000436. The minimum atomic E-state index is -1.26. The maximum absolute atomic E-state index is 12.9. The molecule has 8 nitrogen and oxygen atoms in total. The van der Waals surface area contributed by atoms with Gasteiger partial charge >= 0.3 is 11.9 Å². The van der Waals surface area contributed by atoms with Crippen LogP contribution in [0.2, 0.25) is 5.02 Å². The Bertz CT molecular complexity index is 1140. The lowest BCUT2D eigenvalue weighted by molar-refractivity contribution is -0.134. The standard InChI is InChI=1S/C23H27ClFN3OS.C4H4O4/c1-27(23-26-22-8-3-18(24)15-17(22)16-30-23)20-9-12-28(13-10-20)11-2-14-29-21-6-4-19(25)5-7-21;5-3(6)1-2-4(7)8/h3-8,15,20H,2,9-14,16H2,1H3;1-2H,(H,5,6)(H,7,8). The van der Waals surface area contributed by atoms with Gasteiger partial charge in [0, 0.05) is 55.7 Å². The van der Waals surface area contributed by atoms with Crippen molar-refractivity contribution in [2.75, 3.05) is 33.3 Å². The van der Waals surface area contributed by atoms with E-state index in [4.69, 9.17) is 31.5 Å². The summed E-state index contributed by atoms with van der Waals surface area (Å²) in [6.07, 6.45) is 4.37. The van der Waals surface area contributed by atoms with Gasteiger partial charge in [0.25, 0.3) is 0 Å². The van der Waals surface area contributed by atoms with Crippen molar-refractivity contribution in [2.45, 2.75) is 31.1 Å². The van der Waals surface area contributed by atoms with Crippen LogP contribution >= 0.6 is 23.4 Å². The third-order valence-corrected chi connectivity index (χ3v) is 7.42. The van der Waals surface area contributed by atoms with Gasteiger partial charge in [0.15, 0.2) is 5.17 Å². The maximum atomic E-state index is 12.9. The fourth-order valence-corrected chi connectivity index (χ4v) is 5.30. The Kier molecular flexibility index (Phi) is 11.4. The van der Waals surface area contributed by atoms with Crippen molar-refractivity contribution < 1.29 is 28.9 Å². The van der Waals surface area contributed by atoms with E-state index in [1.54, 1.807) is 23.9 Å². The summed E-state index contributed by atoms with van der Waals surface area (Å²) in [4.78, 5) is 28.8. The molecule has 0 unspecified atom stereocenters. The molecule has 0 saturated carbocycles. The third kappa shape index (κ3) is 9.66. The number of piperidine rings is 1. The number of halogens is 2. The smallest absolute Gasteiger partial charge is 0.328 e. The summed E-state index contributed by atoms with van der Waals surface area (Å²) in [5.74, 6) is -1.10. The van der Waals surface area contributed by atoms with Gasteiger partial charge in [-0.1, -0.05) is 23.4 Å². The number of aliphatic imine (C=N–C) groups is 1. The minimum Gasteiger partial charge on any atom is -0.494 e. The van der Waals surface area contributed by atoms with Gasteiger partial charge in [-0.2, -0.15) is 0 Å². The van der Waals surface area contributed by atoms with Gasteiger partial charge in [0.05, 0.1) is 12.3 Å². The van der Waals surface area contributed by atoms with Crippen LogP contribution in [-0.2, 0) is 15.3 Å². The highest BCUT2D eigenvalue weighted by Crippen LogP contribution is 2.34. The number of carbonyl (C=O) groups is 2. The first-order chi connectivity index (χ1) is 18.2. The quantitative estimate of drug-likeness (QED) is 0.330. The zero-order valence-corrected chi connectivity index (χ0v) is 22.6. The van der Waals surface area contributed by atoms with Crippen LogP contribution in [0.4, 0.5) is 10.1 Å². The first-order valence-corrected chi connectivity index (χ1v) is 13.5. The van der Waals surface area contributed by atoms with Gasteiger partial charge in [-0.15, -0.1) is 0 Å². The molecule has 0 bridgehead atoms. The molecule has 2 aliphatic heterocycles. The predicted octanol–water partition coefficient (Wildman–Crippen LogP) is 5.29. The second kappa shape index (κ2) is 14.8. The Morgan fingerprint density at radius 1 is 1.16 bits per heavy atom. The summed E-state index contributed by atoms with van der Waals surface area (Å²) >= 11 is 7.90. The van der Waals surface area contributed by atoms with Crippen LogP contribution in [0.25, 0.3) is 0 Å². The van der Waals surface area contributed by atoms with Crippen LogP contribution < -0.4 is 4.74 Å². The minimum absolute atomic E-state index is 0.235. The van der Waals surface area contributed by atoms with Gasteiger partial charge in [-0.3, -0.25) is 0 Å². The molecular weight excluding hydrogens is 533 g/mol. The van der Waals surface area contributed by atoms with Crippen LogP contribution in [0.3, 0.4) is 0 Å². The number of carboxylic acids is 2. The molecule has 11 heteroatoms. The normalized spacial score (nSPS) is 15.7. The first-order valence-electron chi connectivity index (χ1n) is 12.2. The van der Waals surface area contributed by atoms with E-state index >= 15 is 0 Å². The number of carboxylic acid groups (broad SMARTS) is 2. The van der Waals surface area contributed by atoms with Crippen LogP contribution in [-0.4, -0.2) is 76.4 Å². The van der Waals surface area contributed by atoms with E-state index in [9.17, 15) is 14.0 Å². The van der Waals surface area contributed by atoms with Crippen molar-refractivity contribution in [3.8, 4) is 5.75 Å². The SMILES string of the molecule is CN(C1=Nc2ccc(Cl)cc2CS1)C1CCN(CCCOc2ccc(F)cc2)CC1.O=C(O)C=CC(=O)O. The number of rotatable bonds is 8. The molecule has 0 aliphatic carbocycles. The fraction of sp³-hybridized carbons (Fsp3) is 0.370. The van der Waals surface area contributed by atoms with Gasteiger partial charge in [-0.05, 0) is 67.3 Å². The number of nitrogens with zero attached hydrogens (tertiary/aromatic N) is 3. The van der Waals surface area contributed by atoms with Gasteiger partial charge in [0.2, 0.25) is 0 Å². The molecule has 0 radical (unpaired) electrons. The zero-order valence-electron chi connectivity index (χ0n) is 21.1. The number of amidine groups is 1. The fourth-order valence-electron chi connectivity index (χ4n) is 4.08. The highest BCUT2D eigenvalue weighted by molar-refractivity contribution is 8.13. The summed E-state index contributed by atoms with van der Waals surface area (Å²) in [5.41, 5.74) is 2.25. The van der Waals surface area contributed by atoms with Gasteiger partial charge < -0.3 is 24.7 Å². The number of hydrogen-bond acceptors (Lipinski definition) is 7. The molecule has 0 spiro atoms. The predicted molar refractivity (Wildman–Crippen MR) is 148 cm³/mol. The highest BCUT2D eigenvalue weighted by atomic mass is 35.5. The van der Waals surface area contributed by atoms with E-state index in [0.717, 1.165) is 66.3 Å². The second-order valence-corrected chi connectivity index (χ2v) is 10.2. The Labute approximate surface area is 230 Å². The van der Waals surface area contributed by atoms with Crippen LogP contribution in [0, 0.1) is 5.82 Å². The number of fused-ring (bicyclic) bond motifs is 1. The molecule has 2 heterocycles. The van der Waals surface area contributed by atoms with Crippen molar-refractivity contribution in [1.82, 2.24) is 9.80 Å². The highest BCUT2D eigenvalue weighted by Gasteiger charge is 2.26. The molecule has 1 fully saturated rings. The van der Waals surface area contributed by atoms with Crippen molar-refractivity contribution >= 4 is 46.2 Å². The summed E-state index contributed by atoms with van der Waals surface area (Å²) in [7, 11) is 2.17. The van der Waals surface area contributed by atoms with E-state index in [1.165, 1.54) is 17.7 Å². The molecule has 1 saturated heterocycles. The second-order valence-electron chi connectivity index (χ2n) is 8.81. The number of ether oxygens (including phenoxy) is 1. The van der Waals surface area contributed by atoms with Crippen LogP contribution in [0.15, 0.2) is 59.6 Å². The van der Waals surface area contributed by atoms with E-state index in [-0.39, 0.29) is 5.82 Å². The largest absolute Gasteiger partial charge is 0.494 e. The molecule has 2 aromatic rings. The lowest BCUT2D eigenvalue weighted by Gasteiger charge is -2.38. The van der Waals surface area contributed by atoms with Crippen molar-refractivity contribution in [1.29, 1.82) is 0 Å². The molecule has 0 amide bonds. The molecule has 38 heavy (non-hydrogen) atoms. The summed E-state index contributed by atoms with van der Waals surface area (Å²) in [5, 5.41) is 17.5. The van der Waals surface area contributed by atoms with Crippen molar-refractivity contribution in [2.24, 2.45) is 4.99 Å². The molecule has 2 N–H and O–H groups in total. The van der Waals surface area contributed by atoms with Crippen LogP contribution in [0.1, 0.15) is 24.8 Å². The van der Waals surface area contributed by atoms with Crippen molar-refractivity contribution in [3.05, 3.63) is 71.0 Å². The van der Waals surface area contributed by atoms with Crippen LogP contribution in [0.5, 0.6) is 5.75 Å². The van der Waals surface area contributed by atoms with E-state index in [0.29, 0.717) is 24.8 Å². The topological polar surface area (TPSA) is 103 Å². The molecule has 4 rings (SSSR count). The number of likely N-dealkylation sites (tertiary alicyclic amines) is 1.